The lowest BCUT2D eigenvalue weighted by Gasteiger charge is -2.13. The predicted octanol–water partition coefficient (Wildman–Crippen LogP) is 2.84. The second-order valence-corrected chi connectivity index (χ2v) is 5.44. The van der Waals surface area contributed by atoms with Crippen LogP contribution in [-0.2, 0) is 0 Å². The Bertz CT molecular complexity index is 473. The minimum atomic E-state index is -0.200. The molecule has 0 saturated heterocycles. The molecular weight excluding hydrogens is 268 g/mol. The maximum atomic E-state index is 12.2. The molecule has 5 heteroatoms. The molecule has 0 spiro atoms. The summed E-state index contributed by atoms with van der Waals surface area (Å²) in [6.07, 6.45) is 3.24. The van der Waals surface area contributed by atoms with Gasteiger partial charge in [-0.15, -0.1) is 0 Å². The summed E-state index contributed by atoms with van der Waals surface area (Å²) in [5.74, 6) is 1.48. The Labute approximate surface area is 126 Å². The molecule has 21 heavy (non-hydrogen) atoms. The van der Waals surface area contributed by atoms with Gasteiger partial charge in [-0.3, -0.25) is 4.79 Å². The van der Waals surface area contributed by atoms with Crippen LogP contribution in [0.25, 0.3) is 0 Å². The van der Waals surface area contributed by atoms with Gasteiger partial charge in [0.2, 0.25) is 0 Å². The molecule has 0 saturated carbocycles. The molecule has 0 fully saturated rings. The molecule has 0 bridgehead atoms. The minimum Gasteiger partial charge on any atom is -0.497 e. The first-order valence-electron chi connectivity index (χ1n) is 7.29. The molecule has 0 aromatic heterocycles. The van der Waals surface area contributed by atoms with Gasteiger partial charge in [-0.2, -0.15) is 0 Å². The number of carbonyl (C=O) groups is 1. The first-order chi connectivity index (χ1) is 9.99. The zero-order chi connectivity index (χ0) is 15.8. The molecule has 1 amide bonds. The second-order valence-electron chi connectivity index (χ2n) is 5.44. The molecule has 0 radical (unpaired) electrons. The monoisotopic (exact) mass is 294 g/mol. The van der Waals surface area contributed by atoms with Crippen molar-refractivity contribution in [1.82, 2.24) is 5.32 Å². The number of methoxy groups -OCH3 is 2. The van der Waals surface area contributed by atoms with E-state index < -0.39 is 0 Å². The van der Waals surface area contributed by atoms with Crippen LogP contribution in [0, 0.1) is 5.92 Å². The Kier molecular flexibility index (Phi) is 6.85. The van der Waals surface area contributed by atoms with Crippen LogP contribution >= 0.6 is 0 Å². The Balaban J connectivity index is 2.65. The molecule has 1 aromatic rings. The number of amides is 1. The number of benzene rings is 1. The van der Waals surface area contributed by atoms with Gasteiger partial charge in [0.05, 0.1) is 25.5 Å². The van der Waals surface area contributed by atoms with E-state index in [1.165, 1.54) is 13.5 Å². The Morgan fingerprint density at radius 3 is 2.52 bits per heavy atom. The van der Waals surface area contributed by atoms with Crippen molar-refractivity contribution in [1.29, 1.82) is 0 Å². The van der Waals surface area contributed by atoms with Gasteiger partial charge in [-0.05, 0) is 18.4 Å². The van der Waals surface area contributed by atoms with Gasteiger partial charge in [0, 0.05) is 12.6 Å². The van der Waals surface area contributed by atoms with Crippen LogP contribution in [0.1, 0.15) is 43.5 Å². The third kappa shape index (κ3) is 5.17. The molecule has 1 rings (SSSR count). The summed E-state index contributed by atoms with van der Waals surface area (Å²) in [5, 5.41) is 2.89. The van der Waals surface area contributed by atoms with E-state index in [2.05, 4.69) is 19.2 Å². The van der Waals surface area contributed by atoms with Crippen LogP contribution < -0.4 is 20.5 Å². The number of carbonyl (C=O) groups excluding carboxylic acids is 1. The summed E-state index contributed by atoms with van der Waals surface area (Å²) >= 11 is 0. The number of ether oxygens (including phenoxy) is 2. The van der Waals surface area contributed by atoms with E-state index in [1.807, 2.05) is 0 Å². The largest absolute Gasteiger partial charge is 0.497 e. The fourth-order valence-electron chi connectivity index (χ4n) is 2.05. The van der Waals surface area contributed by atoms with Crippen LogP contribution in [0.15, 0.2) is 12.1 Å². The number of hydrogen-bond acceptors (Lipinski definition) is 4. The van der Waals surface area contributed by atoms with Crippen LogP contribution in [-0.4, -0.2) is 26.7 Å². The van der Waals surface area contributed by atoms with Crippen molar-refractivity contribution >= 4 is 11.6 Å². The fraction of sp³-hybridized carbons (Fsp3) is 0.562. The molecule has 0 aliphatic carbocycles. The van der Waals surface area contributed by atoms with Gasteiger partial charge in [0.1, 0.15) is 11.5 Å². The topological polar surface area (TPSA) is 73.6 Å². The van der Waals surface area contributed by atoms with E-state index in [1.54, 1.807) is 19.2 Å². The molecule has 0 atom stereocenters. The molecule has 3 N–H and O–H groups in total. The summed E-state index contributed by atoms with van der Waals surface area (Å²) in [6, 6.07) is 3.29. The van der Waals surface area contributed by atoms with Crippen molar-refractivity contribution in [3.05, 3.63) is 17.7 Å². The van der Waals surface area contributed by atoms with Crippen molar-refractivity contribution < 1.29 is 14.3 Å². The van der Waals surface area contributed by atoms with Crippen molar-refractivity contribution in [2.75, 3.05) is 26.5 Å². The molecule has 0 aliphatic rings. The molecule has 118 valence electrons. The molecule has 0 aliphatic heterocycles. The van der Waals surface area contributed by atoms with E-state index in [4.69, 9.17) is 15.2 Å². The third-order valence-electron chi connectivity index (χ3n) is 3.31. The Hall–Kier alpha value is -1.91. The van der Waals surface area contributed by atoms with Crippen LogP contribution in [0.3, 0.4) is 0 Å². The maximum Gasteiger partial charge on any atom is 0.253 e. The lowest BCUT2D eigenvalue weighted by Crippen LogP contribution is -2.25. The predicted molar refractivity (Wildman–Crippen MR) is 85.0 cm³/mol. The summed E-state index contributed by atoms with van der Waals surface area (Å²) in [5.41, 5.74) is 6.66. The van der Waals surface area contributed by atoms with Gasteiger partial charge in [0.15, 0.2) is 0 Å². The van der Waals surface area contributed by atoms with Crippen molar-refractivity contribution in [3.8, 4) is 11.5 Å². The fourth-order valence-corrected chi connectivity index (χ4v) is 2.05. The summed E-state index contributed by atoms with van der Waals surface area (Å²) < 4.78 is 10.3. The van der Waals surface area contributed by atoms with Crippen LogP contribution in [0.5, 0.6) is 11.5 Å². The summed E-state index contributed by atoms with van der Waals surface area (Å²) in [7, 11) is 3.05. The van der Waals surface area contributed by atoms with E-state index in [0.717, 1.165) is 12.8 Å². The number of rotatable bonds is 8. The SMILES string of the molecule is COc1cc(OC)c(N)c(C(=O)NCCCCC(C)C)c1. The molecule has 1 aromatic carbocycles. The highest BCUT2D eigenvalue weighted by atomic mass is 16.5. The third-order valence-corrected chi connectivity index (χ3v) is 3.31. The van der Waals surface area contributed by atoms with Crippen LogP contribution in [0.2, 0.25) is 0 Å². The van der Waals surface area contributed by atoms with Gasteiger partial charge in [0.25, 0.3) is 5.91 Å². The standard InChI is InChI=1S/C16H26N2O3/c1-11(2)7-5-6-8-18-16(19)13-9-12(20-3)10-14(21-4)15(13)17/h9-11H,5-8,17H2,1-4H3,(H,18,19). The molecule has 0 unspecified atom stereocenters. The smallest absolute Gasteiger partial charge is 0.253 e. The minimum absolute atomic E-state index is 0.200. The number of hydrogen-bond donors (Lipinski definition) is 2. The first-order valence-corrected chi connectivity index (χ1v) is 7.29. The van der Waals surface area contributed by atoms with Gasteiger partial charge >= 0.3 is 0 Å². The lowest BCUT2D eigenvalue weighted by molar-refractivity contribution is 0.0953. The van der Waals surface area contributed by atoms with Crippen LogP contribution in [0.4, 0.5) is 5.69 Å². The highest BCUT2D eigenvalue weighted by molar-refractivity contribution is 6.00. The van der Waals surface area contributed by atoms with E-state index in [9.17, 15) is 4.79 Å². The number of nitrogens with one attached hydrogen (secondary N) is 1. The second kappa shape index (κ2) is 8.39. The zero-order valence-electron chi connectivity index (χ0n) is 13.4. The number of nitrogen functional groups attached to an aromatic ring is 1. The number of anilines is 1. The first kappa shape index (κ1) is 17.1. The van der Waals surface area contributed by atoms with Gasteiger partial charge in [-0.25, -0.2) is 0 Å². The van der Waals surface area contributed by atoms with Gasteiger partial charge < -0.3 is 20.5 Å². The Morgan fingerprint density at radius 1 is 1.24 bits per heavy atom. The van der Waals surface area contributed by atoms with E-state index >= 15 is 0 Å². The molecular formula is C16H26N2O3. The molecule has 5 nitrogen and oxygen atoms in total. The average Bonchev–Trinajstić information content (AvgIpc) is 2.46. The lowest BCUT2D eigenvalue weighted by atomic mass is 10.1. The van der Waals surface area contributed by atoms with Gasteiger partial charge in [-0.1, -0.05) is 26.7 Å². The zero-order valence-corrected chi connectivity index (χ0v) is 13.4. The van der Waals surface area contributed by atoms with E-state index in [-0.39, 0.29) is 5.91 Å². The Morgan fingerprint density at radius 2 is 1.95 bits per heavy atom. The maximum absolute atomic E-state index is 12.2. The van der Waals surface area contributed by atoms with Crippen molar-refractivity contribution in [2.24, 2.45) is 5.92 Å². The number of unbranched alkanes of at least 4 members (excludes halogenated alkanes) is 1. The normalized spacial score (nSPS) is 10.5. The highest BCUT2D eigenvalue weighted by Gasteiger charge is 2.15. The summed E-state index contributed by atoms with van der Waals surface area (Å²) in [6.45, 7) is 5.04. The quantitative estimate of drug-likeness (QED) is 0.571. The average molecular weight is 294 g/mol. The highest BCUT2D eigenvalue weighted by Crippen LogP contribution is 2.30. The molecule has 0 heterocycles. The van der Waals surface area contributed by atoms with Crippen molar-refractivity contribution in [2.45, 2.75) is 33.1 Å². The number of nitrogens with two attached hydrogens (primary N) is 1. The summed E-state index contributed by atoms with van der Waals surface area (Å²) in [4.78, 5) is 12.2. The van der Waals surface area contributed by atoms with Crippen molar-refractivity contribution in [3.63, 3.8) is 0 Å². The van der Waals surface area contributed by atoms with E-state index in [0.29, 0.717) is 35.2 Å².